The quantitative estimate of drug-likeness (QED) is 0.865. The third kappa shape index (κ3) is 2.12. The Bertz CT molecular complexity index is 540. The predicted molar refractivity (Wildman–Crippen MR) is 69.7 cm³/mol. The van der Waals surface area contributed by atoms with Crippen LogP contribution in [0.25, 0.3) is 0 Å². The van der Waals surface area contributed by atoms with Crippen molar-refractivity contribution in [2.45, 2.75) is 0 Å². The van der Waals surface area contributed by atoms with Crippen molar-refractivity contribution in [1.82, 2.24) is 0 Å². The largest absolute Gasteiger partial charge is 0.338 e. The van der Waals surface area contributed by atoms with Crippen LogP contribution in [-0.4, -0.2) is 4.89 Å². The summed E-state index contributed by atoms with van der Waals surface area (Å²) in [6, 6.07) is 15.7. The second-order valence-corrected chi connectivity index (χ2v) is 6.37. The van der Waals surface area contributed by atoms with E-state index in [0.29, 0.717) is 15.1 Å². The first-order valence-corrected chi connectivity index (χ1v) is 7.21. The first-order valence-electron chi connectivity index (χ1n) is 4.76. The molecule has 0 aliphatic carbocycles. The van der Waals surface area contributed by atoms with Gasteiger partial charge in [-0.25, -0.2) is 0 Å². The van der Waals surface area contributed by atoms with Gasteiger partial charge >= 0.3 is 0 Å². The SMILES string of the molecule is O=P(O)(c1ccccc1)c1ccccc1Br. The van der Waals surface area contributed by atoms with Crippen LogP contribution in [0.5, 0.6) is 0 Å². The molecule has 0 amide bonds. The van der Waals surface area contributed by atoms with Crippen molar-refractivity contribution < 1.29 is 9.46 Å². The van der Waals surface area contributed by atoms with E-state index in [-0.39, 0.29) is 0 Å². The summed E-state index contributed by atoms with van der Waals surface area (Å²) < 4.78 is 13.0. The van der Waals surface area contributed by atoms with Crippen molar-refractivity contribution in [3.8, 4) is 0 Å². The number of benzene rings is 2. The second kappa shape index (κ2) is 4.54. The Balaban J connectivity index is 2.56. The van der Waals surface area contributed by atoms with E-state index in [1.807, 2.05) is 12.1 Å². The fraction of sp³-hybridized carbons (Fsp3) is 0. The number of halogens is 1. The van der Waals surface area contributed by atoms with E-state index in [1.165, 1.54) is 0 Å². The summed E-state index contributed by atoms with van der Waals surface area (Å²) in [6.07, 6.45) is 0. The molecule has 2 aromatic rings. The highest BCUT2D eigenvalue weighted by Gasteiger charge is 2.25. The normalized spacial score (nSPS) is 14.4. The fourth-order valence-corrected chi connectivity index (χ4v) is 3.98. The van der Waals surface area contributed by atoms with E-state index in [4.69, 9.17) is 0 Å². The molecule has 16 heavy (non-hydrogen) atoms. The van der Waals surface area contributed by atoms with Crippen LogP contribution in [0.1, 0.15) is 0 Å². The van der Waals surface area contributed by atoms with Crippen molar-refractivity contribution in [1.29, 1.82) is 0 Å². The van der Waals surface area contributed by atoms with Crippen LogP contribution >= 0.6 is 23.3 Å². The Hall–Kier alpha value is -0.890. The minimum absolute atomic E-state index is 0.432. The topological polar surface area (TPSA) is 37.3 Å². The van der Waals surface area contributed by atoms with Gasteiger partial charge in [-0.05, 0) is 40.2 Å². The molecule has 0 fully saturated rings. The van der Waals surface area contributed by atoms with Gasteiger partial charge in [0.15, 0.2) is 0 Å². The summed E-state index contributed by atoms with van der Waals surface area (Å²) in [6.45, 7) is 0. The lowest BCUT2D eigenvalue weighted by molar-refractivity contribution is 0.501. The van der Waals surface area contributed by atoms with E-state index < -0.39 is 7.37 Å². The zero-order valence-electron chi connectivity index (χ0n) is 8.38. The van der Waals surface area contributed by atoms with Crippen LogP contribution in [0, 0.1) is 0 Å². The van der Waals surface area contributed by atoms with E-state index >= 15 is 0 Å². The molecule has 1 atom stereocenters. The highest BCUT2D eigenvalue weighted by molar-refractivity contribution is 9.10. The highest BCUT2D eigenvalue weighted by atomic mass is 79.9. The lowest BCUT2D eigenvalue weighted by Gasteiger charge is -2.13. The van der Waals surface area contributed by atoms with Gasteiger partial charge < -0.3 is 4.89 Å². The molecule has 0 radical (unpaired) electrons. The van der Waals surface area contributed by atoms with E-state index in [2.05, 4.69) is 15.9 Å². The molecule has 2 aromatic carbocycles. The van der Waals surface area contributed by atoms with Crippen molar-refractivity contribution in [2.24, 2.45) is 0 Å². The van der Waals surface area contributed by atoms with Crippen LogP contribution in [0.15, 0.2) is 59.1 Å². The molecule has 0 heterocycles. The molecule has 0 aliphatic rings. The molecule has 0 bridgehead atoms. The molecule has 0 aromatic heterocycles. The molecule has 0 saturated carbocycles. The number of hydrogen-bond acceptors (Lipinski definition) is 1. The first-order chi connectivity index (χ1) is 7.62. The van der Waals surface area contributed by atoms with E-state index in [0.717, 1.165) is 0 Å². The molecular weight excluding hydrogens is 287 g/mol. The fourth-order valence-electron chi connectivity index (χ4n) is 1.47. The molecule has 0 saturated heterocycles. The summed E-state index contributed by atoms with van der Waals surface area (Å²) in [5.41, 5.74) is 0. The maximum atomic E-state index is 12.4. The zero-order chi connectivity index (χ0) is 11.6. The Labute approximate surface area is 103 Å². The van der Waals surface area contributed by atoms with Crippen LogP contribution in [0.4, 0.5) is 0 Å². The maximum absolute atomic E-state index is 12.4. The Kier molecular flexibility index (Phi) is 3.29. The van der Waals surface area contributed by atoms with Gasteiger partial charge in [0.2, 0.25) is 0 Å². The molecule has 1 unspecified atom stereocenters. The van der Waals surface area contributed by atoms with Crippen LogP contribution in [0.2, 0.25) is 0 Å². The molecule has 0 aliphatic heterocycles. The Morgan fingerprint density at radius 1 is 0.938 bits per heavy atom. The molecule has 1 N–H and O–H groups in total. The van der Waals surface area contributed by atoms with Gasteiger partial charge in [0.1, 0.15) is 0 Å². The monoisotopic (exact) mass is 296 g/mol. The maximum Gasteiger partial charge on any atom is 0.259 e. The number of hydrogen-bond donors (Lipinski definition) is 1. The second-order valence-electron chi connectivity index (χ2n) is 3.36. The third-order valence-corrected chi connectivity index (χ3v) is 5.32. The van der Waals surface area contributed by atoms with E-state index in [9.17, 15) is 9.46 Å². The van der Waals surface area contributed by atoms with Gasteiger partial charge in [0, 0.05) is 9.78 Å². The van der Waals surface area contributed by atoms with Crippen molar-refractivity contribution >= 4 is 33.9 Å². The summed E-state index contributed by atoms with van der Waals surface area (Å²) in [5, 5.41) is 0.878. The molecule has 0 spiro atoms. The van der Waals surface area contributed by atoms with Gasteiger partial charge in [0.25, 0.3) is 7.37 Å². The zero-order valence-corrected chi connectivity index (χ0v) is 10.9. The Morgan fingerprint density at radius 3 is 2.12 bits per heavy atom. The van der Waals surface area contributed by atoms with Gasteiger partial charge in [-0.2, -0.15) is 0 Å². The minimum Gasteiger partial charge on any atom is -0.338 e. The van der Waals surface area contributed by atoms with Crippen LogP contribution in [0.3, 0.4) is 0 Å². The first kappa shape index (κ1) is 11.6. The average molecular weight is 297 g/mol. The summed E-state index contributed by atoms with van der Waals surface area (Å²) in [7, 11) is -3.48. The predicted octanol–water partition coefficient (Wildman–Crippen LogP) is 2.67. The smallest absolute Gasteiger partial charge is 0.259 e. The van der Waals surface area contributed by atoms with E-state index in [1.54, 1.807) is 42.5 Å². The van der Waals surface area contributed by atoms with Crippen molar-refractivity contribution in [3.63, 3.8) is 0 Å². The summed E-state index contributed by atoms with van der Waals surface area (Å²) >= 11 is 3.30. The minimum atomic E-state index is -3.48. The van der Waals surface area contributed by atoms with Crippen molar-refractivity contribution in [3.05, 3.63) is 59.1 Å². The summed E-state index contributed by atoms with van der Waals surface area (Å²) in [5.74, 6) is 0. The van der Waals surface area contributed by atoms with Crippen LogP contribution in [-0.2, 0) is 4.57 Å². The number of rotatable bonds is 2. The van der Waals surface area contributed by atoms with Gasteiger partial charge in [-0.15, -0.1) is 0 Å². The lowest BCUT2D eigenvalue weighted by Crippen LogP contribution is -2.16. The van der Waals surface area contributed by atoms with Gasteiger partial charge in [-0.3, -0.25) is 4.57 Å². The standard InChI is InChI=1S/C12H10BrO2P/c13-11-8-4-5-9-12(11)16(14,15)10-6-2-1-3-7-10/h1-9H,(H,14,15). The van der Waals surface area contributed by atoms with Gasteiger partial charge in [0.05, 0.1) is 5.30 Å². The third-order valence-electron chi connectivity index (χ3n) is 2.29. The molecule has 2 nitrogen and oxygen atoms in total. The average Bonchev–Trinajstić information content (AvgIpc) is 2.30. The molecule has 4 heteroatoms. The molecular formula is C12H10BrO2P. The summed E-state index contributed by atoms with van der Waals surface area (Å²) in [4.78, 5) is 10.2. The van der Waals surface area contributed by atoms with Crippen LogP contribution < -0.4 is 10.6 Å². The lowest BCUT2D eigenvalue weighted by atomic mass is 10.4. The molecule has 82 valence electrons. The Morgan fingerprint density at radius 2 is 1.50 bits per heavy atom. The molecule has 2 rings (SSSR count). The van der Waals surface area contributed by atoms with Gasteiger partial charge in [-0.1, -0.05) is 30.3 Å². The highest BCUT2D eigenvalue weighted by Crippen LogP contribution is 2.40. The van der Waals surface area contributed by atoms with Crippen molar-refractivity contribution in [2.75, 3.05) is 0 Å².